The number of aliphatic hydroxyl groups is 1. The largest absolute Gasteiger partial charge is 0.393 e. The lowest BCUT2D eigenvalue weighted by atomic mass is 9.85. The monoisotopic (exact) mass is 237 g/mol. The summed E-state index contributed by atoms with van der Waals surface area (Å²) in [5.41, 5.74) is 0. The third-order valence-electron chi connectivity index (χ3n) is 3.66. The van der Waals surface area contributed by atoms with Crippen LogP contribution in [0.1, 0.15) is 33.1 Å². The second-order valence-electron chi connectivity index (χ2n) is 5.14. The number of hydrogen-bond acceptors (Lipinski definition) is 3. The van der Waals surface area contributed by atoms with Gasteiger partial charge in [-0.3, -0.25) is 14.5 Å². The summed E-state index contributed by atoms with van der Waals surface area (Å²) in [5.74, 6) is -0.442. The van der Waals surface area contributed by atoms with Crippen molar-refractivity contribution in [3.8, 4) is 0 Å². The Morgan fingerprint density at radius 3 is 2.12 bits per heavy atom. The number of hydrogen-bond donors (Lipinski definition) is 1. The first-order valence-electron chi connectivity index (χ1n) is 6.22. The minimum absolute atomic E-state index is 0.0579. The molecule has 4 atom stereocenters. The highest BCUT2D eigenvalue weighted by Gasteiger charge is 2.48. The molecule has 1 N–H and O–H groups in total. The predicted octanol–water partition coefficient (Wildman–Crippen LogP) is 1.10. The summed E-state index contributed by atoms with van der Waals surface area (Å²) >= 11 is 0. The maximum atomic E-state index is 12.2. The van der Waals surface area contributed by atoms with Crippen molar-refractivity contribution in [1.29, 1.82) is 0 Å². The van der Waals surface area contributed by atoms with E-state index >= 15 is 0 Å². The van der Waals surface area contributed by atoms with Crippen LogP contribution < -0.4 is 0 Å². The zero-order chi connectivity index (χ0) is 12.6. The van der Waals surface area contributed by atoms with Crippen LogP contribution in [-0.2, 0) is 9.59 Å². The normalized spacial score (nSPS) is 31.6. The van der Waals surface area contributed by atoms with Crippen LogP contribution in [0.15, 0.2) is 12.2 Å². The van der Waals surface area contributed by atoms with Crippen molar-refractivity contribution in [2.24, 2.45) is 11.8 Å². The smallest absolute Gasteiger partial charge is 0.233 e. The highest BCUT2D eigenvalue weighted by atomic mass is 16.3. The lowest BCUT2D eigenvalue weighted by Crippen LogP contribution is -2.40. The molecule has 2 rings (SSSR count). The Hall–Kier alpha value is -1.16. The van der Waals surface area contributed by atoms with Gasteiger partial charge in [0.15, 0.2) is 0 Å². The molecule has 0 aromatic carbocycles. The maximum Gasteiger partial charge on any atom is 0.233 e. The Morgan fingerprint density at radius 1 is 1.24 bits per heavy atom. The zero-order valence-corrected chi connectivity index (χ0v) is 10.3. The van der Waals surface area contributed by atoms with Gasteiger partial charge in [-0.05, 0) is 33.1 Å². The topological polar surface area (TPSA) is 57.6 Å². The second-order valence-corrected chi connectivity index (χ2v) is 5.14. The minimum atomic E-state index is -0.494. The van der Waals surface area contributed by atoms with Gasteiger partial charge >= 0.3 is 0 Å². The molecule has 0 spiro atoms. The molecule has 2 amide bonds. The molecule has 94 valence electrons. The number of likely N-dealkylation sites (tertiary alicyclic amines) is 1. The Bertz CT molecular complexity index is 336. The Kier molecular flexibility index (Phi) is 3.33. The maximum absolute atomic E-state index is 12.2. The fraction of sp³-hybridized carbons (Fsp3) is 0.692. The molecule has 0 saturated carbocycles. The molecular formula is C13H19NO3. The molecule has 4 nitrogen and oxygen atoms in total. The van der Waals surface area contributed by atoms with Crippen molar-refractivity contribution >= 4 is 11.8 Å². The van der Waals surface area contributed by atoms with E-state index in [1.165, 1.54) is 4.90 Å². The first kappa shape index (κ1) is 12.3. The molecular weight excluding hydrogens is 218 g/mol. The van der Waals surface area contributed by atoms with E-state index < -0.39 is 6.10 Å². The average molecular weight is 237 g/mol. The third-order valence-corrected chi connectivity index (χ3v) is 3.66. The number of carbonyl (C=O) groups is 2. The van der Waals surface area contributed by atoms with Crippen LogP contribution in [0, 0.1) is 11.8 Å². The molecule has 0 radical (unpaired) electrons. The highest BCUT2D eigenvalue weighted by molar-refractivity contribution is 6.05. The van der Waals surface area contributed by atoms with Gasteiger partial charge in [-0.15, -0.1) is 0 Å². The van der Waals surface area contributed by atoms with E-state index in [2.05, 4.69) is 0 Å². The van der Waals surface area contributed by atoms with Crippen LogP contribution in [0.4, 0.5) is 0 Å². The Labute approximate surface area is 101 Å². The predicted molar refractivity (Wildman–Crippen MR) is 63.0 cm³/mol. The SMILES string of the molecule is CC(O)CC(C)N1C(=O)[C@H]2CC=CC[C@H]2C1=O. The quantitative estimate of drug-likeness (QED) is 0.590. The van der Waals surface area contributed by atoms with Crippen LogP contribution in [0.2, 0.25) is 0 Å². The number of amides is 2. The van der Waals surface area contributed by atoms with E-state index in [9.17, 15) is 14.7 Å². The summed E-state index contributed by atoms with van der Waals surface area (Å²) in [6, 6.07) is -0.208. The van der Waals surface area contributed by atoms with Gasteiger partial charge in [0, 0.05) is 6.04 Å². The van der Waals surface area contributed by atoms with E-state index in [0.717, 1.165) is 0 Å². The number of carbonyl (C=O) groups excluding carboxylic acids is 2. The van der Waals surface area contributed by atoms with E-state index in [0.29, 0.717) is 19.3 Å². The molecule has 2 unspecified atom stereocenters. The van der Waals surface area contributed by atoms with Crippen molar-refractivity contribution in [3.63, 3.8) is 0 Å². The molecule has 2 aliphatic rings. The van der Waals surface area contributed by atoms with Crippen molar-refractivity contribution < 1.29 is 14.7 Å². The summed E-state index contributed by atoms with van der Waals surface area (Å²) in [7, 11) is 0. The summed E-state index contributed by atoms with van der Waals surface area (Å²) < 4.78 is 0. The standard InChI is InChI=1S/C13H19NO3/c1-8(7-9(2)15)14-12(16)10-5-3-4-6-11(10)13(14)17/h3-4,8-11,15H,5-7H2,1-2H3/t8?,9?,10-,11+. The fourth-order valence-corrected chi connectivity index (χ4v) is 2.86. The molecule has 1 heterocycles. The number of nitrogens with zero attached hydrogens (tertiary/aromatic N) is 1. The molecule has 0 aromatic rings. The second kappa shape index (κ2) is 4.61. The van der Waals surface area contributed by atoms with E-state index in [4.69, 9.17) is 0 Å². The van der Waals surface area contributed by atoms with Crippen molar-refractivity contribution in [2.75, 3.05) is 0 Å². The zero-order valence-electron chi connectivity index (χ0n) is 10.3. The number of imide groups is 1. The van der Waals surface area contributed by atoms with Crippen LogP contribution in [0.5, 0.6) is 0 Å². The molecule has 17 heavy (non-hydrogen) atoms. The molecule has 1 aliphatic carbocycles. The lowest BCUT2D eigenvalue weighted by Gasteiger charge is -2.24. The van der Waals surface area contributed by atoms with Crippen molar-refractivity contribution in [2.45, 2.75) is 45.3 Å². The van der Waals surface area contributed by atoms with Gasteiger partial charge < -0.3 is 5.11 Å². The van der Waals surface area contributed by atoms with Crippen LogP contribution in [0.3, 0.4) is 0 Å². The molecule has 0 aromatic heterocycles. The lowest BCUT2D eigenvalue weighted by molar-refractivity contribution is -0.142. The van der Waals surface area contributed by atoms with Crippen LogP contribution >= 0.6 is 0 Å². The van der Waals surface area contributed by atoms with Gasteiger partial charge in [0.1, 0.15) is 0 Å². The molecule has 0 bridgehead atoms. The summed E-state index contributed by atoms with van der Waals surface area (Å²) in [4.78, 5) is 25.7. The Balaban J connectivity index is 2.15. The number of fused-ring (bicyclic) bond motifs is 1. The average Bonchev–Trinajstić information content (AvgIpc) is 2.51. The van der Waals surface area contributed by atoms with Gasteiger partial charge in [0.25, 0.3) is 0 Å². The first-order chi connectivity index (χ1) is 8.02. The number of allylic oxidation sites excluding steroid dienone is 2. The number of aliphatic hydroxyl groups excluding tert-OH is 1. The molecule has 1 fully saturated rings. The summed E-state index contributed by atoms with van der Waals surface area (Å²) in [6.45, 7) is 3.50. The van der Waals surface area contributed by atoms with Crippen molar-refractivity contribution in [1.82, 2.24) is 4.90 Å². The first-order valence-corrected chi connectivity index (χ1v) is 6.22. The van der Waals surface area contributed by atoms with E-state index in [1.54, 1.807) is 6.92 Å². The van der Waals surface area contributed by atoms with Crippen LogP contribution in [0.25, 0.3) is 0 Å². The van der Waals surface area contributed by atoms with Gasteiger partial charge in [-0.2, -0.15) is 0 Å². The molecule has 1 aliphatic heterocycles. The Morgan fingerprint density at radius 2 is 1.71 bits per heavy atom. The number of rotatable bonds is 3. The molecule has 4 heteroatoms. The minimum Gasteiger partial charge on any atom is -0.393 e. The summed E-state index contributed by atoms with van der Waals surface area (Å²) in [5, 5.41) is 9.35. The third kappa shape index (κ3) is 2.14. The van der Waals surface area contributed by atoms with Crippen molar-refractivity contribution in [3.05, 3.63) is 12.2 Å². The van der Waals surface area contributed by atoms with Crippen LogP contribution in [-0.4, -0.2) is 34.0 Å². The van der Waals surface area contributed by atoms with Gasteiger partial charge in [-0.25, -0.2) is 0 Å². The molecule has 1 saturated heterocycles. The van der Waals surface area contributed by atoms with Gasteiger partial charge in [-0.1, -0.05) is 12.2 Å². The van der Waals surface area contributed by atoms with Gasteiger partial charge in [0.2, 0.25) is 11.8 Å². The van der Waals surface area contributed by atoms with E-state index in [1.807, 2.05) is 19.1 Å². The van der Waals surface area contributed by atoms with E-state index in [-0.39, 0.29) is 29.7 Å². The summed E-state index contributed by atoms with van der Waals surface area (Å²) in [6.07, 6.45) is 5.26. The van der Waals surface area contributed by atoms with Gasteiger partial charge in [0.05, 0.1) is 17.9 Å². The highest BCUT2D eigenvalue weighted by Crippen LogP contribution is 2.36. The fourth-order valence-electron chi connectivity index (χ4n) is 2.86.